The molecule has 1 aromatic heterocycles. The minimum Gasteiger partial charge on any atom is -0.380 e. The Hall–Kier alpha value is -1.46. The Morgan fingerprint density at radius 1 is 1.30 bits per heavy atom. The first-order chi connectivity index (χ1) is 11.1. The molecule has 2 aliphatic heterocycles. The third-order valence-electron chi connectivity index (χ3n) is 5.18. The van der Waals surface area contributed by atoms with Crippen LogP contribution in [-0.2, 0) is 16.1 Å². The van der Waals surface area contributed by atoms with E-state index in [1.54, 1.807) is 7.11 Å². The van der Waals surface area contributed by atoms with Crippen molar-refractivity contribution >= 4 is 5.91 Å². The molecule has 126 valence electrons. The van der Waals surface area contributed by atoms with Crippen LogP contribution in [0.4, 0.5) is 0 Å². The second-order valence-corrected chi connectivity index (χ2v) is 6.88. The number of aromatic nitrogens is 1. The van der Waals surface area contributed by atoms with Gasteiger partial charge in [0.15, 0.2) is 0 Å². The minimum absolute atomic E-state index is 0.244. The summed E-state index contributed by atoms with van der Waals surface area (Å²) in [4.78, 5) is 21.1. The Labute approximate surface area is 138 Å². The van der Waals surface area contributed by atoms with Gasteiger partial charge in [-0.25, -0.2) is 0 Å². The number of methoxy groups -OCH3 is 1. The fourth-order valence-electron chi connectivity index (χ4n) is 3.67. The summed E-state index contributed by atoms with van der Waals surface area (Å²) in [5.41, 5.74) is 3.45. The van der Waals surface area contributed by atoms with Gasteiger partial charge in [0.2, 0.25) is 5.91 Å². The number of likely N-dealkylation sites (tertiary alicyclic amines) is 2. The maximum absolute atomic E-state index is 12.1. The van der Waals surface area contributed by atoms with Gasteiger partial charge >= 0.3 is 0 Å². The Balaban J connectivity index is 1.77. The molecule has 1 amide bonds. The van der Waals surface area contributed by atoms with Crippen LogP contribution in [0.3, 0.4) is 0 Å². The highest BCUT2D eigenvalue weighted by Crippen LogP contribution is 2.31. The van der Waals surface area contributed by atoms with Crippen LogP contribution in [0.5, 0.6) is 0 Å². The molecule has 3 rings (SSSR count). The van der Waals surface area contributed by atoms with Gasteiger partial charge in [0, 0.05) is 52.5 Å². The Bertz CT molecular complexity index is 575. The number of carbonyl (C=O) groups is 1. The molecular weight excluding hydrogens is 290 g/mol. The number of nitrogens with zero attached hydrogens (tertiary/aromatic N) is 3. The molecule has 5 nitrogen and oxygen atoms in total. The molecular formula is C18H27N3O2. The van der Waals surface area contributed by atoms with E-state index < -0.39 is 0 Å². The van der Waals surface area contributed by atoms with Crippen molar-refractivity contribution in [2.45, 2.75) is 44.8 Å². The molecule has 2 aliphatic rings. The first kappa shape index (κ1) is 16.4. The van der Waals surface area contributed by atoms with Crippen LogP contribution < -0.4 is 0 Å². The Morgan fingerprint density at radius 3 is 2.83 bits per heavy atom. The molecule has 0 saturated carbocycles. The van der Waals surface area contributed by atoms with Crippen LogP contribution in [0, 0.1) is 6.92 Å². The molecule has 5 heteroatoms. The van der Waals surface area contributed by atoms with Crippen molar-refractivity contribution in [1.29, 1.82) is 0 Å². The SMILES string of the molecule is COC1CCN(Cc2nc(C)ccc2C2CCN(C)C(=O)C2)C1. The van der Waals surface area contributed by atoms with Crippen molar-refractivity contribution in [3.8, 4) is 0 Å². The third-order valence-corrected chi connectivity index (χ3v) is 5.18. The quantitative estimate of drug-likeness (QED) is 0.851. The van der Waals surface area contributed by atoms with Crippen LogP contribution in [-0.4, -0.2) is 60.6 Å². The molecule has 1 aromatic rings. The second kappa shape index (κ2) is 6.97. The number of ether oxygens (including phenoxy) is 1. The zero-order valence-corrected chi connectivity index (χ0v) is 14.4. The normalized spacial score (nSPS) is 26.0. The number of amides is 1. The van der Waals surface area contributed by atoms with E-state index in [0.717, 1.165) is 50.4 Å². The smallest absolute Gasteiger partial charge is 0.222 e. The van der Waals surface area contributed by atoms with Crippen LogP contribution in [0.25, 0.3) is 0 Å². The lowest BCUT2D eigenvalue weighted by Crippen LogP contribution is -2.35. The predicted molar refractivity (Wildman–Crippen MR) is 89.3 cm³/mol. The molecule has 0 N–H and O–H groups in total. The highest BCUT2D eigenvalue weighted by atomic mass is 16.5. The zero-order chi connectivity index (χ0) is 16.4. The maximum Gasteiger partial charge on any atom is 0.222 e. The van der Waals surface area contributed by atoms with Crippen molar-refractivity contribution in [2.24, 2.45) is 0 Å². The molecule has 3 heterocycles. The van der Waals surface area contributed by atoms with Gasteiger partial charge < -0.3 is 9.64 Å². The zero-order valence-electron chi connectivity index (χ0n) is 14.4. The molecule has 0 aromatic carbocycles. The van der Waals surface area contributed by atoms with Crippen molar-refractivity contribution in [3.05, 3.63) is 29.1 Å². The number of hydrogen-bond donors (Lipinski definition) is 0. The molecule has 2 fully saturated rings. The lowest BCUT2D eigenvalue weighted by Gasteiger charge is -2.30. The van der Waals surface area contributed by atoms with E-state index in [9.17, 15) is 4.79 Å². The van der Waals surface area contributed by atoms with Crippen molar-refractivity contribution < 1.29 is 9.53 Å². The standard InChI is InChI=1S/C18H27N3O2/c1-13-4-5-16(14-6-8-20(2)18(22)10-14)17(19-13)12-21-9-7-15(11-21)23-3/h4-5,14-15H,6-12H2,1-3H3. The lowest BCUT2D eigenvalue weighted by molar-refractivity contribution is -0.132. The fraction of sp³-hybridized carbons (Fsp3) is 0.667. The average molecular weight is 317 g/mol. The molecule has 2 atom stereocenters. The summed E-state index contributed by atoms with van der Waals surface area (Å²) in [5.74, 6) is 0.552. The molecule has 23 heavy (non-hydrogen) atoms. The highest BCUT2D eigenvalue weighted by molar-refractivity contribution is 5.77. The van der Waals surface area contributed by atoms with Crippen LogP contribution in [0.15, 0.2) is 12.1 Å². The Kier molecular flexibility index (Phi) is 4.97. The van der Waals surface area contributed by atoms with Crippen molar-refractivity contribution in [2.75, 3.05) is 33.8 Å². The van der Waals surface area contributed by atoms with E-state index >= 15 is 0 Å². The van der Waals surface area contributed by atoms with E-state index in [-0.39, 0.29) is 5.91 Å². The largest absolute Gasteiger partial charge is 0.380 e. The van der Waals surface area contributed by atoms with Crippen LogP contribution in [0.1, 0.15) is 42.1 Å². The van der Waals surface area contributed by atoms with Crippen molar-refractivity contribution in [3.63, 3.8) is 0 Å². The van der Waals surface area contributed by atoms with Crippen LogP contribution in [0.2, 0.25) is 0 Å². The molecule has 2 saturated heterocycles. The Morgan fingerprint density at radius 2 is 2.13 bits per heavy atom. The number of aryl methyl sites for hydroxylation is 1. The van der Waals surface area contributed by atoms with Gasteiger partial charge in [0.25, 0.3) is 0 Å². The summed E-state index contributed by atoms with van der Waals surface area (Å²) in [7, 11) is 3.68. The van der Waals surface area contributed by atoms with E-state index in [1.165, 1.54) is 5.56 Å². The predicted octanol–water partition coefficient (Wildman–Crippen LogP) is 1.95. The number of carbonyl (C=O) groups excluding carboxylic acids is 1. The van der Waals surface area contributed by atoms with E-state index in [4.69, 9.17) is 9.72 Å². The number of piperidine rings is 1. The molecule has 0 bridgehead atoms. The molecule has 0 radical (unpaired) electrons. The molecule has 2 unspecified atom stereocenters. The molecule has 0 aliphatic carbocycles. The van der Waals surface area contributed by atoms with Gasteiger partial charge in [-0.05, 0) is 37.3 Å². The van der Waals surface area contributed by atoms with Gasteiger partial charge in [0.1, 0.15) is 0 Å². The summed E-state index contributed by atoms with van der Waals surface area (Å²) in [6, 6.07) is 4.26. The summed E-state index contributed by atoms with van der Waals surface area (Å²) in [5, 5.41) is 0. The minimum atomic E-state index is 0.244. The lowest BCUT2D eigenvalue weighted by atomic mass is 9.88. The van der Waals surface area contributed by atoms with Gasteiger partial charge in [-0.2, -0.15) is 0 Å². The van der Waals surface area contributed by atoms with Gasteiger partial charge in [-0.3, -0.25) is 14.7 Å². The number of hydrogen-bond acceptors (Lipinski definition) is 4. The average Bonchev–Trinajstić information content (AvgIpc) is 2.98. The van der Waals surface area contributed by atoms with E-state index in [2.05, 4.69) is 17.0 Å². The van der Waals surface area contributed by atoms with Gasteiger partial charge in [-0.15, -0.1) is 0 Å². The summed E-state index contributed by atoms with van der Waals surface area (Å²) in [6.07, 6.45) is 3.06. The topological polar surface area (TPSA) is 45.7 Å². The fourth-order valence-corrected chi connectivity index (χ4v) is 3.67. The van der Waals surface area contributed by atoms with E-state index in [0.29, 0.717) is 18.4 Å². The number of rotatable bonds is 4. The van der Waals surface area contributed by atoms with E-state index in [1.807, 2.05) is 18.9 Å². The van der Waals surface area contributed by atoms with Gasteiger partial charge in [0.05, 0.1) is 11.8 Å². The summed E-state index contributed by atoms with van der Waals surface area (Å²) in [6.45, 7) is 5.76. The third kappa shape index (κ3) is 3.72. The second-order valence-electron chi connectivity index (χ2n) is 6.88. The first-order valence-electron chi connectivity index (χ1n) is 8.52. The monoisotopic (exact) mass is 317 g/mol. The number of pyridine rings is 1. The molecule has 0 spiro atoms. The summed E-state index contributed by atoms with van der Waals surface area (Å²) < 4.78 is 5.46. The van der Waals surface area contributed by atoms with Gasteiger partial charge in [-0.1, -0.05) is 6.07 Å². The van der Waals surface area contributed by atoms with Crippen molar-refractivity contribution in [1.82, 2.24) is 14.8 Å². The maximum atomic E-state index is 12.1. The van der Waals surface area contributed by atoms with Crippen LogP contribution >= 0.6 is 0 Å². The summed E-state index contributed by atoms with van der Waals surface area (Å²) >= 11 is 0. The highest BCUT2D eigenvalue weighted by Gasteiger charge is 2.28. The first-order valence-corrected chi connectivity index (χ1v) is 8.52.